The average molecular weight is 246 g/mol. The smallest absolute Gasteiger partial charge is 0.354 e. The van der Waals surface area contributed by atoms with Crippen LogP contribution < -0.4 is 0 Å². The van der Waals surface area contributed by atoms with Gasteiger partial charge in [-0.15, -0.1) is 0 Å². The van der Waals surface area contributed by atoms with Gasteiger partial charge in [0, 0.05) is 12.1 Å². The maximum atomic E-state index is 13.0. The third kappa shape index (κ3) is 2.88. The fraction of sp³-hybridized carbons (Fsp3) is 0.154. The molecular weight excluding hydrogens is 235 g/mol. The van der Waals surface area contributed by atoms with E-state index in [1.807, 2.05) is 0 Å². The Morgan fingerprint density at radius 2 is 2.11 bits per heavy atom. The zero-order valence-electron chi connectivity index (χ0n) is 9.72. The molecule has 0 aliphatic rings. The quantitative estimate of drug-likeness (QED) is 0.901. The zero-order chi connectivity index (χ0) is 13.1. The van der Waals surface area contributed by atoms with E-state index >= 15 is 0 Å². The average Bonchev–Trinajstić information content (AvgIpc) is 2.28. The van der Waals surface area contributed by atoms with Crippen LogP contribution in [-0.4, -0.2) is 21.0 Å². The van der Waals surface area contributed by atoms with E-state index in [9.17, 15) is 9.18 Å². The second kappa shape index (κ2) is 4.91. The van der Waals surface area contributed by atoms with E-state index in [0.717, 1.165) is 0 Å². The highest BCUT2D eigenvalue weighted by Gasteiger charge is 2.09. The maximum Gasteiger partial charge on any atom is 0.354 e. The fourth-order valence-electron chi connectivity index (χ4n) is 1.65. The van der Waals surface area contributed by atoms with E-state index in [2.05, 4.69) is 9.97 Å². The van der Waals surface area contributed by atoms with Gasteiger partial charge in [-0.2, -0.15) is 0 Å². The van der Waals surface area contributed by atoms with E-state index in [-0.39, 0.29) is 11.5 Å². The Balaban J connectivity index is 2.31. The largest absolute Gasteiger partial charge is 0.477 e. The lowest BCUT2D eigenvalue weighted by Crippen LogP contribution is -2.07. The molecule has 0 aliphatic heterocycles. The van der Waals surface area contributed by atoms with Gasteiger partial charge >= 0.3 is 5.97 Å². The summed E-state index contributed by atoms with van der Waals surface area (Å²) in [6.07, 6.45) is 0.305. The molecule has 0 bridgehead atoms. The number of aromatic carboxylic acids is 1. The molecule has 4 nitrogen and oxygen atoms in total. The second-order valence-corrected chi connectivity index (χ2v) is 3.92. The predicted molar refractivity (Wildman–Crippen MR) is 62.9 cm³/mol. The molecule has 0 fully saturated rings. The van der Waals surface area contributed by atoms with Crippen LogP contribution in [0.25, 0.3) is 0 Å². The summed E-state index contributed by atoms with van der Waals surface area (Å²) in [7, 11) is 0. The third-order valence-corrected chi connectivity index (χ3v) is 2.37. The van der Waals surface area contributed by atoms with Crippen LogP contribution in [0.2, 0.25) is 0 Å². The highest BCUT2D eigenvalue weighted by Crippen LogP contribution is 2.09. The van der Waals surface area contributed by atoms with Gasteiger partial charge in [0.05, 0.1) is 0 Å². The first-order valence-corrected chi connectivity index (χ1v) is 5.37. The van der Waals surface area contributed by atoms with Crippen molar-refractivity contribution in [3.8, 4) is 0 Å². The minimum atomic E-state index is -1.10. The molecule has 0 saturated carbocycles. The SMILES string of the molecule is Cc1cc(C(=O)O)nc(Cc2cccc(F)c2)n1. The summed E-state index contributed by atoms with van der Waals surface area (Å²) < 4.78 is 13.0. The lowest BCUT2D eigenvalue weighted by atomic mass is 10.1. The molecule has 1 aromatic heterocycles. The molecule has 0 saturated heterocycles. The Labute approximate surface area is 103 Å². The van der Waals surface area contributed by atoms with Gasteiger partial charge < -0.3 is 5.11 Å². The highest BCUT2D eigenvalue weighted by atomic mass is 19.1. The van der Waals surface area contributed by atoms with E-state index in [0.29, 0.717) is 23.5 Å². The van der Waals surface area contributed by atoms with Crippen LogP contribution >= 0.6 is 0 Å². The second-order valence-electron chi connectivity index (χ2n) is 3.92. The number of aromatic nitrogens is 2. The zero-order valence-corrected chi connectivity index (χ0v) is 9.72. The summed E-state index contributed by atoms with van der Waals surface area (Å²) in [5.41, 5.74) is 1.24. The monoisotopic (exact) mass is 246 g/mol. The van der Waals surface area contributed by atoms with Crippen molar-refractivity contribution in [2.75, 3.05) is 0 Å². The fourth-order valence-corrected chi connectivity index (χ4v) is 1.65. The van der Waals surface area contributed by atoms with Crippen molar-refractivity contribution in [1.82, 2.24) is 9.97 Å². The van der Waals surface area contributed by atoms with E-state index in [4.69, 9.17) is 5.11 Å². The van der Waals surface area contributed by atoms with Crippen molar-refractivity contribution >= 4 is 5.97 Å². The number of hydrogen-bond acceptors (Lipinski definition) is 3. The molecule has 2 aromatic rings. The summed E-state index contributed by atoms with van der Waals surface area (Å²) in [6.45, 7) is 1.70. The van der Waals surface area contributed by atoms with Gasteiger partial charge in [-0.05, 0) is 30.7 Å². The summed E-state index contributed by atoms with van der Waals surface area (Å²) in [5.74, 6) is -1.06. The minimum absolute atomic E-state index is 0.0473. The van der Waals surface area contributed by atoms with E-state index < -0.39 is 5.97 Å². The summed E-state index contributed by atoms with van der Waals surface area (Å²) in [4.78, 5) is 18.9. The van der Waals surface area contributed by atoms with Crippen LogP contribution in [0.1, 0.15) is 27.6 Å². The number of hydrogen-bond donors (Lipinski definition) is 1. The molecule has 1 heterocycles. The Morgan fingerprint density at radius 3 is 2.78 bits per heavy atom. The first-order chi connectivity index (χ1) is 8.54. The first kappa shape index (κ1) is 12.2. The van der Waals surface area contributed by atoms with Crippen LogP contribution in [-0.2, 0) is 6.42 Å². The molecule has 92 valence electrons. The number of nitrogens with zero attached hydrogens (tertiary/aromatic N) is 2. The summed E-state index contributed by atoms with van der Waals surface area (Å²) >= 11 is 0. The van der Waals surface area contributed by atoms with Gasteiger partial charge in [-0.3, -0.25) is 0 Å². The lowest BCUT2D eigenvalue weighted by Gasteiger charge is -2.03. The van der Waals surface area contributed by atoms with Crippen molar-refractivity contribution in [2.45, 2.75) is 13.3 Å². The third-order valence-electron chi connectivity index (χ3n) is 2.37. The summed E-state index contributed by atoms with van der Waals surface area (Å²) in [6, 6.07) is 7.47. The van der Waals surface area contributed by atoms with Crippen LogP contribution in [0.4, 0.5) is 4.39 Å². The van der Waals surface area contributed by atoms with Crippen LogP contribution in [0.5, 0.6) is 0 Å². The molecule has 1 N–H and O–H groups in total. The highest BCUT2D eigenvalue weighted by molar-refractivity contribution is 5.85. The molecule has 0 spiro atoms. The van der Waals surface area contributed by atoms with Gasteiger partial charge in [-0.1, -0.05) is 12.1 Å². The van der Waals surface area contributed by atoms with Gasteiger partial charge in [0.2, 0.25) is 0 Å². The Bertz CT molecular complexity index is 599. The molecule has 0 atom stereocenters. The van der Waals surface area contributed by atoms with Crippen LogP contribution in [0, 0.1) is 12.7 Å². The van der Waals surface area contributed by atoms with E-state index in [1.165, 1.54) is 18.2 Å². The standard InChI is InChI=1S/C13H11FN2O2/c1-8-5-11(13(17)18)16-12(15-8)7-9-3-2-4-10(14)6-9/h2-6H,7H2,1H3,(H,17,18). The minimum Gasteiger partial charge on any atom is -0.477 e. The van der Waals surface area contributed by atoms with Gasteiger partial charge in [0.1, 0.15) is 11.6 Å². The first-order valence-electron chi connectivity index (χ1n) is 5.37. The molecular formula is C13H11FN2O2. The molecule has 18 heavy (non-hydrogen) atoms. The number of benzene rings is 1. The molecule has 0 amide bonds. The lowest BCUT2D eigenvalue weighted by molar-refractivity contribution is 0.0689. The summed E-state index contributed by atoms with van der Waals surface area (Å²) in [5, 5.41) is 8.89. The van der Waals surface area contributed by atoms with Crippen molar-refractivity contribution in [1.29, 1.82) is 0 Å². The topological polar surface area (TPSA) is 63.1 Å². The number of carboxylic acids is 1. The van der Waals surface area contributed by atoms with Crippen molar-refractivity contribution in [2.24, 2.45) is 0 Å². The normalized spacial score (nSPS) is 10.3. The Kier molecular flexibility index (Phi) is 3.32. The number of rotatable bonds is 3. The molecule has 0 radical (unpaired) electrons. The molecule has 0 aliphatic carbocycles. The number of aryl methyl sites for hydroxylation is 1. The van der Waals surface area contributed by atoms with Crippen LogP contribution in [0.3, 0.4) is 0 Å². The number of carbonyl (C=O) groups is 1. The predicted octanol–water partition coefficient (Wildman–Crippen LogP) is 2.21. The number of halogens is 1. The molecule has 1 aromatic carbocycles. The van der Waals surface area contributed by atoms with Gasteiger partial charge in [0.15, 0.2) is 5.69 Å². The van der Waals surface area contributed by atoms with Gasteiger partial charge in [-0.25, -0.2) is 19.2 Å². The van der Waals surface area contributed by atoms with Crippen molar-refractivity contribution in [3.05, 3.63) is 58.9 Å². The van der Waals surface area contributed by atoms with Gasteiger partial charge in [0.25, 0.3) is 0 Å². The molecule has 5 heteroatoms. The van der Waals surface area contributed by atoms with Crippen LogP contribution in [0.15, 0.2) is 30.3 Å². The Hall–Kier alpha value is -2.30. The molecule has 2 rings (SSSR count). The van der Waals surface area contributed by atoms with Crippen molar-refractivity contribution in [3.63, 3.8) is 0 Å². The number of carboxylic acid groups (broad SMARTS) is 1. The Morgan fingerprint density at radius 1 is 1.33 bits per heavy atom. The van der Waals surface area contributed by atoms with Crippen molar-refractivity contribution < 1.29 is 14.3 Å². The maximum absolute atomic E-state index is 13.0. The molecule has 0 unspecified atom stereocenters. The van der Waals surface area contributed by atoms with E-state index in [1.54, 1.807) is 19.1 Å².